The third kappa shape index (κ3) is 4.51. The zero-order valence-electron chi connectivity index (χ0n) is 10.8. The summed E-state index contributed by atoms with van der Waals surface area (Å²) in [5, 5.41) is 0.209. The molecular weight excluding hydrogens is 353 g/mol. The van der Waals surface area contributed by atoms with Crippen molar-refractivity contribution in [2.24, 2.45) is 4.99 Å². The molecule has 0 aromatic heterocycles. The van der Waals surface area contributed by atoms with Crippen LogP contribution in [0.15, 0.2) is 28.9 Å². The molecule has 0 aliphatic carbocycles. The molecule has 0 saturated heterocycles. The monoisotopic (exact) mass is 361 g/mol. The minimum absolute atomic E-state index is 0.232. The second kappa shape index (κ2) is 7.35. The summed E-state index contributed by atoms with van der Waals surface area (Å²) in [7, 11) is 0. The van der Waals surface area contributed by atoms with E-state index < -0.39 is 5.30 Å². The summed E-state index contributed by atoms with van der Waals surface area (Å²) < 4.78 is 5.13. The van der Waals surface area contributed by atoms with Crippen LogP contribution in [0.2, 0.25) is 10.0 Å². The summed E-state index contributed by atoms with van der Waals surface area (Å²) in [6.45, 7) is 1.99. The van der Waals surface area contributed by atoms with Gasteiger partial charge in [-0.1, -0.05) is 29.3 Å². The van der Waals surface area contributed by atoms with Crippen molar-refractivity contribution in [1.82, 2.24) is 0 Å². The van der Waals surface area contributed by atoms with Crippen molar-refractivity contribution in [3.63, 3.8) is 0 Å². The van der Waals surface area contributed by atoms with Crippen molar-refractivity contribution in [1.29, 1.82) is 0 Å². The first-order valence-electron chi connectivity index (χ1n) is 5.82. The average molecular weight is 362 g/mol. The lowest BCUT2D eigenvalue weighted by Gasteiger charge is -1.99. The molecule has 0 spiro atoms. The lowest BCUT2D eigenvalue weighted by atomic mass is 10.2. The lowest BCUT2D eigenvalue weighted by molar-refractivity contribution is -0.107. The summed E-state index contributed by atoms with van der Waals surface area (Å²) in [6.07, 6.45) is 1.56. The summed E-state index contributed by atoms with van der Waals surface area (Å²) >= 11 is 13.5. The second-order valence-corrected chi connectivity index (χ2v) is 6.74. The van der Waals surface area contributed by atoms with Crippen molar-refractivity contribution in [2.45, 2.75) is 6.92 Å². The molecule has 0 unspecified atom stereocenters. The predicted molar refractivity (Wildman–Crippen MR) is 89.1 cm³/mol. The number of carbonyl (C=O) groups excluding carboxylic acids is 2. The van der Waals surface area contributed by atoms with Crippen LogP contribution in [0.3, 0.4) is 0 Å². The first-order chi connectivity index (χ1) is 9.99. The first-order valence-corrected chi connectivity index (χ1v) is 8.20. The van der Waals surface area contributed by atoms with Gasteiger partial charge in [-0.05, 0) is 42.5 Å². The molecule has 0 fully saturated rings. The molecule has 1 heterocycles. The Hall–Kier alpha value is -0.950. The van der Waals surface area contributed by atoms with Gasteiger partial charge >= 0.3 is 5.30 Å². The number of benzene rings is 1. The maximum atomic E-state index is 11.9. The van der Waals surface area contributed by atoms with E-state index in [9.17, 15) is 9.59 Å². The molecule has 2 rings (SSSR count). The van der Waals surface area contributed by atoms with Crippen LogP contribution in [0, 0.1) is 0 Å². The summed E-state index contributed by atoms with van der Waals surface area (Å²) in [5.74, 6) is 0. The van der Waals surface area contributed by atoms with E-state index >= 15 is 0 Å². The van der Waals surface area contributed by atoms with Gasteiger partial charge in [0.15, 0.2) is 0 Å². The van der Waals surface area contributed by atoms with Crippen molar-refractivity contribution in [3.8, 4) is 0 Å². The van der Waals surface area contributed by atoms with Crippen LogP contribution in [-0.4, -0.2) is 21.4 Å². The number of rotatable bonds is 2. The number of hydrogen-bond acceptors (Lipinski definition) is 6. The maximum Gasteiger partial charge on any atom is 0.374 e. The van der Waals surface area contributed by atoms with E-state index in [1.54, 1.807) is 31.2 Å². The standard InChI is InChI=1S/C13H9Cl2NO3S2/c1-2-19-13(18)21-12-16-10(11(17)20-12)5-7-3-4-8(14)6-9(7)15/h3-6H,2H2,1H3/b10-5+. The van der Waals surface area contributed by atoms with E-state index in [0.717, 1.165) is 23.5 Å². The van der Waals surface area contributed by atoms with E-state index in [1.165, 1.54) is 0 Å². The fraction of sp³-hybridized carbons (Fsp3) is 0.154. The third-order valence-corrected chi connectivity index (χ3v) is 4.56. The SMILES string of the molecule is CCOC(=O)SC1=N/C(=C/c2ccc(Cl)cc2Cl)C(=O)S1. The van der Waals surface area contributed by atoms with Crippen molar-refractivity contribution < 1.29 is 14.3 Å². The number of ether oxygens (including phenoxy) is 1. The lowest BCUT2D eigenvalue weighted by Crippen LogP contribution is -1.98. The van der Waals surface area contributed by atoms with Gasteiger partial charge in [-0.25, -0.2) is 9.79 Å². The van der Waals surface area contributed by atoms with Crippen LogP contribution in [0.4, 0.5) is 4.79 Å². The van der Waals surface area contributed by atoms with Gasteiger partial charge in [-0.15, -0.1) is 0 Å². The maximum absolute atomic E-state index is 11.9. The molecule has 4 nitrogen and oxygen atoms in total. The quantitative estimate of drug-likeness (QED) is 0.556. The molecule has 21 heavy (non-hydrogen) atoms. The molecule has 0 bridgehead atoms. The zero-order valence-corrected chi connectivity index (χ0v) is 13.9. The van der Waals surface area contributed by atoms with E-state index in [-0.39, 0.29) is 17.4 Å². The largest absolute Gasteiger partial charge is 0.458 e. The van der Waals surface area contributed by atoms with E-state index in [2.05, 4.69) is 4.99 Å². The second-order valence-electron chi connectivity index (χ2n) is 3.75. The minimum Gasteiger partial charge on any atom is -0.458 e. The van der Waals surface area contributed by atoms with E-state index in [4.69, 9.17) is 27.9 Å². The fourth-order valence-corrected chi connectivity index (χ4v) is 3.45. The van der Waals surface area contributed by atoms with Crippen LogP contribution in [0.25, 0.3) is 6.08 Å². The molecule has 0 amide bonds. The Morgan fingerprint density at radius 1 is 1.48 bits per heavy atom. The number of hydrogen-bond donors (Lipinski definition) is 0. The van der Waals surface area contributed by atoms with Crippen molar-refractivity contribution in [3.05, 3.63) is 39.5 Å². The van der Waals surface area contributed by atoms with Crippen molar-refractivity contribution >= 4 is 67.6 Å². The van der Waals surface area contributed by atoms with Crippen LogP contribution in [0.5, 0.6) is 0 Å². The van der Waals surface area contributed by atoms with Gasteiger partial charge < -0.3 is 4.74 Å². The summed E-state index contributed by atoms with van der Waals surface area (Å²) in [6, 6.07) is 4.95. The van der Waals surface area contributed by atoms with Crippen LogP contribution in [0.1, 0.15) is 12.5 Å². The Bertz CT molecular complexity index is 659. The zero-order chi connectivity index (χ0) is 15.4. The first kappa shape index (κ1) is 16.4. The molecule has 0 N–H and O–H groups in total. The van der Waals surface area contributed by atoms with Gasteiger partial charge in [0.2, 0.25) is 5.12 Å². The predicted octanol–water partition coefficient (Wildman–Crippen LogP) is 4.85. The Balaban J connectivity index is 2.19. The van der Waals surface area contributed by atoms with E-state index in [0.29, 0.717) is 20.0 Å². The Labute approximate surface area is 139 Å². The molecule has 110 valence electrons. The number of nitrogens with zero attached hydrogens (tertiary/aromatic N) is 1. The average Bonchev–Trinajstić information content (AvgIpc) is 2.73. The molecule has 0 atom stereocenters. The van der Waals surface area contributed by atoms with Crippen molar-refractivity contribution in [2.75, 3.05) is 6.61 Å². The molecule has 1 aliphatic rings. The number of carbonyl (C=O) groups is 2. The Kier molecular flexibility index (Phi) is 5.75. The number of aliphatic imine (C=N–C) groups is 1. The van der Waals surface area contributed by atoms with Crippen LogP contribution in [-0.2, 0) is 9.53 Å². The minimum atomic E-state index is -0.484. The summed E-state index contributed by atoms with van der Waals surface area (Å²) in [4.78, 5) is 27.3. The highest BCUT2D eigenvalue weighted by Crippen LogP contribution is 2.33. The smallest absolute Gasteiger partial charge is 0.374 e. The highest BCUT2D eigenvalue weighted by molar-refractivity contribution is 8.49. The number of thioether (sulfide) groups is 2. The van der Waals surface area contributed by atoms with Crippen LogP contribution >= 0.6 is 46.7 Å². The van der Waals surface area contributed by atoms with Gasteiger partial charge in [-0.2, -0.15) is 0 Å². The van der Waals surface area contributed by atoms with Gasteiger partial charge in [-0.3, -0.25) is 4.79 Å². The molecule has 1 aliphatic heterocycles. The van der Waals surface area contributed by atoms with Gasteiger partial charge in [0, 0.05) is 21.8 Å². The molecule has 8 heteroatoms. The highest BCUT2D eigenvalue weighted by atomic mass is 35.5. The van der Waals surface area contributed by atoms with Gasteiger partial charge in [0.1, 0.15) is 10.1 Å². The molecule has 1 aromatic rings. The Morgan fingerprint density at radius 3 is 2.90 bits per heavy atom. The molecule has 0 radical (unpaired) electrons. The van der Waals surface area contributed by atoms with E-state index in [1.807, 2.05) is 0 Å². The fourth-order valence-electron chi connectivity index (χ4n) is 1.42. The van der Waals surface area contributed by atoms with Gasteiger partial charge in [0.25, 0.3) is 0 Å². The Morgan fingerprint density at radius 2 is 2.24 bits per heavy atom. The third-order valence-electron chi connectivity index (χ3n) is 2.29. The molecule has 1 aromatic carbocycles. The number of halogens is 2. The highest BCUT2D eigenvalue weighted by Gasteiger charge is 2.25. The normalized spacial score (nSPS) is 16.2. The van der Waals surface area contributed by atoms with Gasteiger partial charge in [0.05, 0.1) is 6.61 Å². The molecular formula is C13H9Cl2NO3S2. The summed E-state index contributed by atoms with van der Waals surface area (Å²) in [5.41, 5.74) is 0.868. The topological polar surface area (TPSA) is 55.7 Å². The van der Waals surface area contributed by atoms with Crippen LogP contribution < -0.4 is 0 Å². The molecule has 0 saturated carbocycles.